The molecule has 0 spiro atoms. The van der Waals surface area contributed by atoms with Gasteiger partial charge in [0.2, 0.25) is 11.9 Å². The Morgan fingerprint density at radius 2 is 1.88 bits per heavy atom. The highest BCUT2D eigenvalue weighted by molar-refractivity contribution is 5.96. The fourth-order valence-electron chi connectivity index (χ4n) is 6.32. The SMILES string of the molecule is CCN=C(N=CCC(=O)N(C1CC1)C1CCN(c2nc(COC)no2)CC1)N1CC(NC(=O)OC(C)(C)C)C(c2cc(F)ccc2F)C1. The van der Waals surface area contributed by atoms with Crippen molar-refractivity contribution in [1.29, 1.82) is 0 Å². The third-order valence-corrected chi connectivity index (χ3v) is 8.52. The topological polar surface area (TPSA) is 138 Å². The lowest BCUT2D eigenvalue weighted by Crippen LogP contribution is -2.48. The van der Waals surface area contributed by atoms with Gasteiger partial charge >= 0.3 is 12.1 Å². The van der Waals surface area contributed by atoms with Crippen LogP contribution in [0, 0.1) is 11.6 Å². The Morgan fingerprint density at radius 3 is 2.54 bits per heavy atom. The predicted molar refractivity (Wildman–Crippen MR) is 175 cm³/mol. The van der Waals surface area contributed by atoms with E-state index in [2.05, 4.69) is 25.4 Å². The summed E-state index contributed by atoms with van der Waals surface area (Å²) in [6.45, 7) is 9.67. The maximum atomic E-state index is 15.0. The normalized spacial score (nSPS) is 20.9. The number of aromatic nitrogens is 2. The summed E-state index contributed by atoms with van der Waals surface area (Å²) >= 11 is 0. The van der Waals surface area contributed by atoms with E-state index in [9.17, 15) is 18.4 Å². The molecule has 1 aliphatic carbocycles. The summed E-state index contributed by atoms with van der Waals surface area (Å²) < 4.78 is 45.1. The summed E-state index contributed by atoms with van der Waals surface area (Å²) in [5.41, 5.74) is -0.587. The van der Waals surface area contributed by atoms with Crippen LogP contribution in [-0.2, 0) is 20.9 Å². The molecule has 15 heteroatoms. The fraction of sp³-hybridized carbons (Fsp3) is 0.636. The highest BCUT2D eigenvalue weighted by atomic mass is 19.1. The van der Waals surface area contributed by atoms with Crippen molar-refractivity contribution in [3.05, 3.63) is 41.2 Å². The van der Waals surface area contributed by atoms with Gasteiger partial charge in [0.1, 0.15) is 23.8 Å². The molecule has 0 bridgehead atoms. The number of benzene rings is 1. The van der Waals surface area contributed by atoms with Crippen molar-refractivity contribution in [2.24, 2.45) is 9.98 Å². The van der Waals surface area contributed by atoms with Crippen molar-refractivity contribution >= 4 is 30.2 Å². The number of rotatable bonds is 10. The van der Waals surface area contributed by atoms with Crippen LogP contribution < -0.4 is 10.2 Å². The number of nitrogens with zero attached hydrogens (tertiary/aromatic N) is 7. The lowest BCUT2D eigenvalue weighted by atomic mass is 9.94. The molecule has 1 N–H and O–H groups in total. The molecule has 2 aliphatic heterocycles. The number of alkyl carbamates (subject to hydrolysis) is 1. The van der Waals surface area contributed by atoms with E-state index in [-0.39, 0.29) is 49.7 Å². The molecule has 3 heterocycles. The molecule has 262 valence electrons. The van der Waals surface area contributed by atoms with Crippen LogP contribution >= 0.6 is 0 Å². The smallest absolute Gasteiger partial charge is 0.407 e. The number of hydrogen-bond acceptors (Lipinski definition) is 9. The number of anilines is 1. The van der Waals surface area contributed by atoms with Gasteiger partial charge < -0.3 is 34.0 Å². The number of amides is 2. The summed E-state index contributed by atoms with van der Waals surface area (Å²) in [6.07, 6.45) is 4.53. The summed E-state index contributed by atoms with van der Waals surface area (Å²) in [6, 6.07) is 3.49. The minimum Gasteiger partial charge on any atom is -0.444 e. The number of aliphatic imine (C=N–C) groups is 2. The third-order valence-electron chi connectivity index (χ3n) is 8.52. The highest BCUT2D eigenvalue weighted by Gasteiger charge is 2.40. The third kappa shape index (κ3) is 9.05. The number of piperidine rings is 1. The van der Waals surface area contributed by atoms with Crippen molar-refractivity contribution in [2.75, 3.05) is 44.7 Å². The van der Waals surface area contributed by atoms with Crippen LogP contribution in [0.3, 0.4) is 0 Å². The van der Waals surface area contributed by atoms with E-state index in [0.717, 1.165) is 43.9 Å². The summed E-state index contributed by atoms with van der Waals surface area (Å²) in [5, 5.41) is 6.79. The molecule has 2 aromatic rings. The molecule has 1 aromatic heterocycles. The predicted octanol–water partition coefficient (Wildman–Crippen LogP) is 4.28. The Kier molecular flexibility index (Phi) is 11.3. The zero-order valence-corrected chi connectivity index (χ0v) is 28.3. The molecule has 2 saturated heterocycles. The summed E-state index contributed by atoms with van der Waals surface area (Å²) in [4.78, 5) is 45.7. The lowest BCUT2D eigenvalue weighted by molar-refractivity contribution is -0.133. The minimum atomic E-state index is -0.735. The summed E-state index contributed by atoms with van der Waals surface area (Å²) in [5.74, 6) is -0.879. The average molecular weight is 673 g/mol. The lowest BCUT2D eigenvalue weighted by Gasteiger charge is -2.38. The first-order valence-corrected chi connectivity index (χ1v) is 16.6. The number of carbonyl (C=O) groups is 2. The van der Waals surface area contributed by atoms with Gasteiger partial charge in [0, 0.05) is 64.0 Å². The maximum Gasteiger partial charge on any atom is 0.407 e. The van der Waals surface area contributed by atoms with Gasteiger partial charge in [0.05, 0.1) is 12.5 Å². The highest BCUT2D eigenvalue weighted by Crippen LogP contribution is 2.34. The minimum absolute atomic E-state index is 0.00122. The quantitative estimate of drug-likeness (QED) is 0.290. The van der Waals surface area contributed by atoms with Crippen LogP contribution in [0.1, 0.15) is 77.1 Å². The van der Waals surface area contributed by atoms with Crippen molar-refractivity contribution in [3.8, 4) is 0 Å². The van der Waals surface area contributed by atoms with Crippen LogP contribution in [-0.4, -0.2) is 108 Å². The van der Waals surface area contributed by atoms with Gasteiger partial charge in [0.25, 0.3) is 0 Å². The molecule has 2 amide bonds. The molecule has 3 aliphatic rings. The van der Waals surface area contributed by atoms with E-state index in [1.54, 1.807) is 34.1 Å². The van der Waals surface area contributed by atoms with Crippen molar-refractivity contribution < 1.29 is 32.4 Å². The fourth-order valence-corrected chi connectivity index (χ4v) is 6.32. The number of carbonyl (C=O) groups excluding carboxylic acids is 2. The molecular formula is C33H46F2N8O5. The largest absolute Gasteiger partial charge is 0.444 e. The summed E-state index contributed by atoms with van der Waals surface area (Å²) in [7, 11) is 1.58. The second kappa shape index (κ2) is 15.4. The molecule has 1 saturated carbocycles. The Morgan fingerprint density at radius 1 is 1.15 bits per heavy atom. The van der Waals surface area contributed by atoms with Crippen LogP contribution in [0.25, 0.3) is 0 Å². The second-order valence-electron chi connectivity index (χ2n) is 13.4. The van der Waals surface area contributed by atoms with Crippen molar-refractivity contribution in [1.82, 2.24) is 25.3 Å². The number of guanidine groups is 1. The van der Waals surface area contributed by atoms with Crippen LogP contribution in [0.4, 0.5) is 19.6 Å². The van der Waals surface area contributed by atoms with Gasteiger partial charge in [-0.3, -0.25) is 9.79 Å². The van der Waals surface area contributed by atoms with Gasteiger partial charge in [0.15, 0.2) is 5.82 Å². The Balaban J connectivity index is 1.24. The standard InChI is InChI=1S/C33H46F2N8O5/c1-6-36-30(42-18-25(24-17-21(34)7-10-26(24)35)27(19-42)38-32(45)47-33(2,3)4)37-14-11-29(44)43(22-8-9-22)23-12-15-41(16-13-23)31-39-28(20-46-5)40-48-31/h7,10,14,17,22-23,25,27H,6,8-9,11-13,15-16,18-20H2,1-5H3,(H,38,45). The molecule has 3 fully saturated rings. The second-order valence-corrected chi connectivity index (χ2v) is 13.4. The first-order chi connectivity index (χ1) is 23.0. The monoisotopic (exact) mass is 672 g/mol. The van der Waals surface area contributed by atoms with E-state index >= 15 is 0 Å². The van der Waals surface area contributed by atoms with Crippen molar-refractivity contribution in [3.63, 3.8) is 0 Å². The Bertz CT molecular complexity index is 1480. The van der Waals surface area contributed by atoms with Gasteiger partial charge in [-0.15, -0.1) is 0 Å². The molecule has 48 heavy (non-hydrogen) atoms. The molecule has 5 rings (SSSR count). The van der Waals surface area contributed by atoms with Gasteiger partial charge in [-0.25, -0.2) is 18.6 Å². The molecule has 0 radical (unpaired) electrons. The molecule has 13 nitrogen and oxygen atoms in total. The van der Waals surface area contributed by atoms with Crippen LogP contribution in [0.15, 0.2) is 32.7 Å². The number of nitrogens with one attached hydrogen (secondary N) is 1. The number of halogens is 2. The average Bonchev–Trinajstić information content (AvgIpc) is 3.60. The van der Waals surface area contributed by atoms with E-state index in [1.165, 1.54) is 0 Å². The number of ether oxygens (including phenoxy) is 2. The van der Waals surface area contributed by atoms with Gasteiger partial charge in [-0.05, 0) is 77.1 Å². The van der Waals surface area contributed by atoms with E-state index in [0.29, 0.717) is 37.4 Å². The number of likely N-dealkylation sites (tertiary alicyclic amines) is 1. The van der Waals surface area contributed by atoms with Crippen LogP contribution in [0.5, 0.6) is 0 Å². The Hall–Kier alpha value is -4.14. The molecule has 1 aromatic carbocycles. The zero-order valence-electron chi connectivity index (χ0n) is 28.3. The first kappa shape index (κ1) is 35.2. The molecular weight excluding hydrogens is 626 g/mol. The van der Waals surface area contributed by atoms with Crippen LogP contribution in [0.2, 0.25) is 0 Å². The maximum absolute atomic E-state index is 15.0. The molecule has 2 atom stereocenters. The van der Waals surface area contributed by atoms with E-state index in [4.69, 9.17) is 14.0 Å². The van der Waals surface area contributed by atoms with Crippen molar-refractivity contribution in [2.45, 2.75) is 96.1 Å². The zero-order chi connectivity index (χ0) is 34.4. The van der Waals surface area contributed by atoms with E-state index in [1.807, 2.05) is 21.6 Å². The van der Waals surface area contributed by atoms with Gasteiger partial charge in [-0.2, -0.15) is 4.98 Å². The van der Waals surface area contributed by atoms with Gasteiger partial charge in [-0.1, -0.05) is 5.16 Å². The van der Waals surface area contributed by atoms with E-state index < -0.39 is 35.3 Å². The number of hydrogen-bond donors (Lipinski definition) is 1. The Labute approximate surface area is 279 Å². The molecule has 2 unspecified atom stereocenters. The number of methoxy groups -OCH3 is 1. The first-order valence-electron chi connectivity index (χ1n) is 16.6.